The van der Waals surface area contributed by atoms with E-state index in [9.17, 15) is 9.90 Å². The molecule has 7 nitrogen and oxygen atoms in total. The van der Waals surface area contributed by atoms with Crippen molar-refractivity contribution >= 4 is 17.3 Å². The van der Waals surface area contributed by atoms with Gasteiger partial charge in [0.25, 0.3) is 0 Å². The van der Waals surface area contributed by atoms with Crippen LogP contribution >= 0.6 is 11.6 Å². The number of para-hydroxylation sites is 1. The number of anilines is 1. The number of β-amino-alcohol motifs (C(OH)–C–C–N with tert-alkyl or cyclic N) is 1. The molecule has 0 saturated carbocycles. The zero-order valence-corrected chi connectivity index (χ0v) is 16.7. The first kappa shape index (κ1) is 19.7. The summed E-state index contributed by atoms with van der Waals surface area (Å²) in [5.41, 5.74) is 1.82. The van der Waals surface area contributed by atoms with Gasteiger partial charge in [0.1, 0.15) is 0 Å². The second kappa shape index (κ2) is 8.82. The Balaban J connectivity index is 1.36. The zero-order valence-electron chi connectivity index (χ0n) is 15.9. The summed E-state index contributed by atoms with van der Waals surface area (Å²) >= 11 is 6.30. The van der Waals surface area contributed by atoms with Gasteiger partial charge in [-0.3, -0.25) is 14.0 Å². The monoisotopic (exact) mass is 414 g/mol. The highest BCUT2D eigenvalue weighted by Crippen LogP contribution is 2.26. The lowest BCUT2D eigenvalue weighted by Crippen LogP contribution is -2.49. The molecule has 152 valence electrons. The average Bonchev–Trinajstić information content (AvgIpc) is 3.10. The number of aliphatic hydroxyl groups is 1. The number of hydrogen-bond acceptors (Lipinski definition) is 6. The Hall–Kier alpha value is -2.61. The van der Waals surface area contributed by atoms with Crippen LogP contribution in [0, 0.1) is 0 Å². The summed E-state index contributed by atoms with van der Waals surface area (Å²) in [4.78, 5) is 16.5. The van der Waals surface area contributed by atoms with Crippen LogP contribution < -0.4 is 10.7 Å². The quantitative estimate of drug-likeness (QED) is 0.667. The number of rotatable bonds is 6. The molecule has 4 rings (SSSR count). The molecule has 1 saturated heterocycles. The number of hydrogen-bond donors (Lipinski definition) is 1. The highest BCUT2D eigenvalue weighted by Gasteiger charge is 2.22. The standard InChI is InChI=1S/C21H23ClN4O3/c22-18-8-4-5-9-19(18)25-12-10-24(11-13-25)14-17(27)15-26-20(23-29-21(26)28)16-6-2-1-3-7-16/h1-9,17,27H,10-15H2. The highest BCUT2D eigenvalue weighted by atomic mass is 35.5. The molecule has 0 aliphatic carbocycles. The summed E-state index contributed by atoms with van der Waals surface area (Å²) in [6, 6.07) is 17.2. The van der Waals surface area contributed by atoms with Gasteiger partial charge >= 0.3 is 5.76 Å². The Morgan fingerprint density at radius 1 is 1.00 bits per heavy atom. The van der Waals surface area contributed by atoms with E-state index < -0.39 is 11.9 Å². The first-order valence-electron chi connectivity index (χ1n) is 9.63. The van der Waals surface area contributed by atoms with Crippen LogP contribution in [0.1, 0.15) is 0 Å². The summed E-state index contributed by atoms with van der Waals surface area (Å²) in [5.74, 6) is -0.135. The molecule has 1 aliphatic rings. The number of nitrogens with zero attached hydrogens (tertiary/aromatic N) is 4. The minimum Gasteiger partial charge on any atom is -0.390 e. The predicted molar refractivity (Wildman–Crippen MR) is 112 cm³/mol. The van der Waals surface area contributed by atoms with E-state index in [0.29, 0.717) is 12.4 Å². The number of piperazine rings is 1. The van der Waals surface area contributed by atoms with Gasteiger partial charge in [-0.1, -0.05) is 59.2 Å². The molecular weight excluding hydrogens is 392 g/mol. The molecule has 8 heteroatoms. The van der Waals surface area contributed by atoms with Crippen molar-refractivity contribution in [3.8, 4) is 11.4 Å². The van der Waals surface area contributed by atoms with Crippen LogP contribution in [0.3, 0.4) is 0 Å². The molecule has 3 aromatic rings. The van der Waals surface area contributed by atoms with E-state index in [4.69, 9.17) is 16.1 Å². The van der Waals surface area contributed by atoms with Crippen molar-refractivity contribution in [1.82, 2.24) is 14.6 Å². The van der Waals surface area contributed by atoms with Gasteiger partial charge in [-0.15, -0.1) is 0 Å². The van der Waals surface area contributed by atoms with E-state index in [1.807, 2.05) is 54.6 Å². The third-order valence-electron chi connectivity index (χ3n) is 5.15. The first-order chi connectivity index (χ1) is 14.1. The van der Waals surface area contributed by atoms with Crippen molar-refractivity contribution in [2.75, 3.05) is 37.6 Å². The molecule has 1 atom stereocenters. The second-order valence-corrected chi connectivity index (χ2v) is 7.55. The Kier molecular flexibility index (Phi) is 5.99. The maximum absolute atomic E-state index is 12.1. The normalized spacial score (nSPS) is 16.1. The Labute approximate surface area is 173 Å². The lowest BCUT2D eigenvalue weighted by atomic mass is 10.2. The molecule has 2 heterocycles. The van der Waals surface area contributed by atoms with Crippen LogP contribution in [0.4, 0.5) is 5.69 Å². The van der Waals surface area contributed by atoms with Crippen LogP contribution in [0.5, 0.6) is 0 Å². The smallest absolute Gasteiger partial charge is 0.390 e. The van der Waals surface area contributed by atoms with Crippen LogP contribution in [0.15, 0.2) is 63.9 Å². The second-order valence-electron chi connectivity index (χ2n) is 7.14. The average molecular weight is 415 g/mol. The summed E-state index contributed by atoms with van der Waals surface area (Å²) in [6.07, 6.45) is -0.707. The summed E-state index contributed by atoms with van der Waals surface area (Å²) in [6.45, 7) is 3.90. The molecule has 1 aromatic heterocycles. The number of halogens is 1. The minimum absolute atomic E-state index is 0.136. The van der Waals surface area contributed by atoms with Crippen molar-refractivity contribution in [3.63, 3.8) is 0 Å². The van der Waals surface area contributed by atoms with Crippen molar-refractivity contribution in [3.05, 3.63) is 70.2 Å². The first-order valence-corrected chi connectivity index (χ1v) is 10.0. The summed E-state index contributed by atoms with van der Waals surface area (Å²) in [7, 11) is 0. The minimum atomic E-state index is -0.707. The van der Waals surface area contributed by atoms with E-state index in [0.717, 1.165) is 42.5 Å². The molecule has 1 N–H and O–H groups in total. The van der Waals surface area contributed by atoms with E-state index >= 15 is 0 Å². The molecule has 0 spiro atoms. The lowest BCUT2D eigenvalue weighted by Gasteiger charge is -2.37. The fourth-order valence-electron chi connectivity index (χ4n) is 3.67. The van der Waals surface area contributed by atoms with Gasteiger partial charge < -0.3 is 10.0 Å². The molecule has 2 aromatic carbocycles. The Bertz CT molecular complexity index is 996. The van der Waals surface area contributed by atoms with E-state index in [-0.39, 0.29) is 6.54 Å². The SMILES string of the molecule is O=c1onc(-c2ccccc2)n1CC(O)CN1CCN(c2ccccc2Cl)CC1. The summed E-state index contributed by atoms with van der Waals surface area (Å²) in [5, 5.41) is 15.2. The van der Waals surface area contributed by atoms with Crippen molar-refractivity contribution in [2.45, 2.75) is 12.6 Å². The van der Waals surface area contributed by atoms with Crippen molar-refractivity contribution in [1.29, 1.82) is 0 Å². The van der Waals surface area contributed by atoms with Gasteiger partial charge in [0.15, 0.2) is 5.82 Å². The number of aliphatic hydroxyl groups excluding tert-OH is 1. The topological polar surface area (TPSA) is 74.7 Å². The van der Waals surface area contributed by atoms with Crippen molar-refractivity contribution in [2.24, 2.45) is 0 Å². The van der Waals surface area contributed by atoms with Crippen LogP contribution in [-0.2, 0) is 6.54 Å². The number of aromatic nitrogens is 2. The molecule has 0 amide bonds. The van der Waals surface area contributed by atoms with E-state index in [1.165, 1.54) is 4.57 Å². The highest BCUT2D eigenvalue weighted by molar-refractivity contribution is 6.33. The molecule has 0 radical (unpaired) electrons. The molecule has 1 aliphatic heterocycles. The van der Waals surface area contributed by atoms with Crippen molar-refractivity contribution < 1.29 is 9.63 Å². The third-order valence-corrected chi connectivity index (χ3v) is 5.47. The molecule has 0 bridgehead atoms. The Morgan fingerprint density at radius 3 is 2.41 bits per heavy atom. The molecule has 29 heavy (non-hydrogen) atoms. The molecular formula is C21H23ClN4O3. The van der Waals surface area contributed by atoms with E-state index in [2.05, 4.69) is 15.0 Å². The maximum atomic E-state index is 12.1. The van der Waals surface area contributed by atoms with Gasteiger partial charge in [0, 0.05) is 38.3 Å². The lowest BCUT2D eigenvalue weighted by molar-refractivity contribution is 0.0936. The largest absolute Gasteiger partial charge is 0.441 e. The van der Waals surface area contributed by atoms with Gasteiger partial charge in [0.2, 0.25) is 0 Å². The third kappa shape index (κ3) is 4.53. The fourth-order valence-corrected chi connectivity index (χ4v) is 3.93. The number of benzene rings is 2. The van der Waals surface area contributed by atoms with Gasteiger partial charge in [-0.05, 0) is 12.1 Å². The van der Waals surface area contributed by atoms with Gasteiger partial charge in [0.05, 0.1) is 23.4 Å². The molecule has 1 fully saturated rings. The molecule has 1 unspecified atom stereocenters. The maximum Gasteiger partial charge on any atom is 0.441 e. The van der Waals surface area contributed by atoms with Gasteiger partial charge in [-0.25, -0.2) is 4.79 Å². The van der Waals surface area contributed by atoms with Crippen LogP contribution in [-0.4, -0.2) is 58.6 Å². The van der Waals surface area contributed by atoms with Gasteiger partial charge in [-0.2, -0.15) is 0 Å². The summed E-state index contributed by atoms with van der Waals surface area (Å²) < 4.78 is 6.22. The fraction of sp³-hybridized carbons (Fsp3) is 0.333. The zero-order chi connectivity index (χ0) is 20.2. The predicted octanol–water partition coefficient (Wildman–Crippen LogP) is 2.34. The van der Waals surface area contributed by atoms with E-state index in [1.54, 1.807) is 0 Å². The Morgan fingerprint density at radius 2 is 1.69 bits per heavy atom. The van der Waals surface area contributed by atoms with Crippen LogP contribution in [0.2, 0.25) is 5.02 Å². The van der Waals surface area contributed by atoms with Crippen LogP contribution in [0.25, 0.3) is 11.4 Å².